The van der Waals surface area contributed by atoms with E-state index in [0.29, 0.717) is 17.9 Å². The van der Waals surface area contributed by atoms with Gasteiger partial charge in [0.15, 0.2) is 0 Å². The molecule has 1 fully saturated rings. The molecule has 2 amide bonds. The van der Waals surface area contributed by atoms with Crippen LogP contribution in [0.25, 0.3) is 0 Å². The van der Waals surface area contributed by atoms with Gasteiger partial charge in [-0.2, -0.15) is 0 Å². The van der Waals surface area contributed by atoms with E-state index in [-0.39, 0.29) is 23.2 Å². The summed E-state index contributed by atoms with van der Waals surface area (Å²) in [5.74, 6) is -1.53. The van der Waals surface area contributed by atoms with E-state index in [1.807, 2.05) is 0 Å². The predicted molar refractivity (Wildman–Crippen MR) is 75.7 cm³/mol. The average molecular weight is 307 g/mol. The molecule has 0 spiro atoms. The zero-order chi connectivity index (χ0) is 15.1. The fourth-order valence-electron chi connectivity index (χ4n) is 2.83. The van der Waals surface area contributed by atoms with Gasteiger partial charge in [-0.1, -0.05) is 23.7 Å². The molecule has 0 unspecified atom stereocenters. The zero-order valence-electron chi connectivity index (χ0n) is 10.9. The summed E-state index contributed by atoms with van der Waals surface area (Å²) in [6, 6.07) is 5.54. The van der Waals surface area contributed by atoms with Gasteiger partial charge in [0.05, 0.1) is 22.4 Å². The number of carbonyl (C=O) groups is 2. The molecule has 0 N–H and O–H groups in total. The van der Waals surface area contributed by atoms with Crippen molar-refractivity contribution in [1.29, 1.82) is 0 Å². The maximum absolute atomic E-state index is 12.4. The Balaban J connectivity index is 1.97. The molecule has 2 aliphatic rings. The molecule has 1 heterocycles. The Kier molecular flexibility index (Phi) is 3.25. The van der Waals surface area contributed by atoms with Crippen LogP contribution in [0.3, 0.4) is 0 Å². The first-order valence-corrected chi connectivity index (χ1v) is 6.83. The number of rotatable bonds is 2. The van der Waals surface area contributed by atoms with Gasteiger partial charge in [0.25, 0.3) is 5.69 Å². The summed E-state index contributed by atoms with van der Waals surface area (Å²) in [6.45, 7) is 0. The van der Waals surface area contributed by atoms with Crippen LogP contribution in [0, 0.1) is 22.0 Å². The Hall–Kier alpha value is -2.21. The first-order chi connectivity index (χ1) is 9.99. The van der Waals surface area contributed by atoms with Crippen LogP contribution in [0.5, 0.6) is 0 Å². The topological polar surface area (TPSA) is 80.5 Å². The van der Waals surface area contributed by atoms with E-state index in [9.17, 15) is 19.7 Å². The lowest BCUT2D eigenvalue weighted by Crippen LogP contribution is -2.30. The fourth-order valence-corrected chi connectivity index (χ4v) is 3.08. The van der Waals surface area contributed by atoms with Crippen molar-refractivity contribution >= 4 is 34.8 Å². The van der Waals surface area contributed by atoms with Crippen molar-refractivity contribution in [1.82, 2.24) is 0 Å². The SMILES string of the molecule is O=C1[C@@H]2CC=C(Cl)C[C@H]2C(=O)N1c1cccc([N+](=O)[O-])c1. The molecule has 0 saturated carbocycles. The molecule has 21 heavy (non-hydrogen) atoms. The molecule has 1 saturated heterocycles. The van der Waals surface area contributed by atoms with Gasteiger partial charge in [-0.15, -0.1) is 0 Å². The number of nitro benzene ring substituents is 1. The van der Waals surface area contributed by atoms with Crippen molar-refractivity contribution in [3.05, 3.63) is 45.5 Å². The Morgan fingerprint density at radius 3 is 2.67 bits per heavy atom. The van der Waals surface area contributed by atoms with Gasteiger partial charge in [-0.3, -0.25) is 19.7 Å². The molecule has 108 valence electrons. The van der Waals surface area contributed by atoms with Crippen LogP contribution in [-0.4, -0.2) is 16.7 Å². The molecule has 0 bridgehead atoms. The van der Waals surface area contributed by atoms with Crippen LogP contribution in [0.4, 0.5) is 11.4 Å². The van der Waals surface area contributed by atoms with Gasteiger partial charge in [0, 0.05) is 17.2 Å². The maximum atomic E-state index is 12.4. The van der Waals surface area contributed by atoms with Gasteiger partial charge in [0.2, 0.25) is 11.8 Å². The van der Waals surface area contributed by atoms with Crippen molar-refractivity contribution in [2.24, 2.45) is 11.8 Å². The summed E-state index contributed by atoms with van der Waals surface area (Å²) >= 11 is 5.95. The van der Waals surface area contributed by atoms with Crippen LogP contribution < -0.4 is 4.90 Å². The molecule has 2 atom stereocenters. The lowest BCUT2D eigenvalue weighted by atomic mass is 9.85. The number of imide groups is 1. The Bertz CT molecular complexity index is 685. The van der Waals surface area contributed by atoms with Crippen LogP contribution in [-0.2, 0) is 9.59 Å². The minimum Gasteiger partial charge on any atom is -0.274 e. The molecule has 0 radical (unpaired) electrons. The molecule has 0 aromatic heterocycles. The third-order valence-electron chi connectivity index (χ3n) is 3.87. The molecular formula is C14H11ClN2O4. The number of anilines is 1. The summed E-state index contributed by atoms with van der Waals surface area (Å²) in [7, 11) is 0. The molecule has 6 nitrogen and oxygen atoms in total. The lowest BCUT2D eigenvalue weighted by Gasteiger charge is -2.17. The minimum absolute atomic E-state index is 0.154. The van der Waals surface area contributed by atoms with Crippen molar-refractivity contribution in [3.8, 4) is 0 Å². The third kappa shape index (κ3) is 2.21. The lowest BCUT2D eigenvalue weighted by molar-refractivity contribution is -0.384. The highest BCUT2D eigenvalue weighted by Crippen LogP contribution is 2.41. The maximum Gasteiger partial charge on any atom is 0.271 e. The molecule has 1 aliphatic heterocycles. The van der Waals surface area contributed by atoms with Gasteiger partial charge >= 0.3 is 0 Å². The Morgan fingerprint density at radius 1 is 1.24 bits per heavy atom. The van der Waals surface area contributed by atoms with Crippen LogP contribution in [0.1, 0.15) is 12.8 Å². The number of nitro groups is 1. The van der Waals surface area contributed by atoms with E-state index >= 15 is 0 Å². The van der Waals surface area contributed by atoms with Gasteiger partial charge < -0.3 is 0 Å². The van der Waals surface area contributed by atoms with Crippen molar-refractivity contribution < 1.29 is 14.5 Å². The van der Waals surface area contributed by atoms with Crippen LogP contribution >= 0.6 is 11.6 Å². The molecule has 1 aliphatic carbocycles. The predicted octanol–water partition coefficient (Wildman–Crippen LogP) is 2.62. The number of carbonyl (C=O) groups excluding carboxylic acids is 2. The van der Waals surface area contributed by atoms with Crippen molar-refractivity contribution in [2.75, 3.05) is 4.90 Å². The summed E-state index contributed by atoms with van der Waals surface area (Å²) in [5.41, 5.74) is 0.0869. The number of amides is 2. The first kappa shape index (κ1) is 13.8. The van der Waals surface area contributed by atoms with Crippen LogP contribution in [0.2, 0.25) is 0 Å². The van der Waals surface area contributed by atoms with E-state index in [2.05, 4.69) is 0 Å². The summed E-state index contributed by atoms with van der Waals surface area (Å²) in [5, 5.41) is 11.4. The number of nitrogens with zero attached hydrogens (tertiary/aromatic N) is 2. The molecule has 1 aromatic rings. The zero-order valence-corrected chi connectivity index (χ0v) is 11.6. The second-order valence-electron chi connectivity index (χ2n) is 5.09. The number of non-ortho nitro benzene ring substituents is 1. The summed E-state index contributed by atoms with van der Waals surface area (Å²) in [4.78, 5) is 36.1. The van der Waals surface area contributed by atoms with E-state index in [4.69, 9.17) is 11.6 Å². The van der Waals surface area contributed by atoms with E-state index in [1.165, 1.54) is 24.3 Å². The Morgan fingerprint density at radius 2 is 1.95 bits per heavy atom. The molecule has 1 aromatic carbocycles. The second-order valence-corrected chi connectivity index (χ2v) is 5.58. The number of hydrogen-bond donors (Lipinski definition) is 0. The van der Waals surface area contributed by atoms with Gasteiger partial charge in [0.1, 0.15) is 0 Å². The number of halogens is 1. The highest BCUT2D eigenvalue weighted by atomic mass is 35.5. The first-order valence-electron chi connectivity index (χ1n) is 6.46. The molecular weight excluding hydrogens is 296 g/mol. The minimum atomic E-state index is -0.556. The number of benzene rings is 1. The summed E-state index contributed by atoms with van der Waals surface area (Å²) < 4.78 is 0. The third-order valence-corrected chi connectivity index (χ3v) is 4.18. The highest BCUT2D eigenvalue weighted by Gasteiger charge is 2.49. The van der Waals surface area contributed by atoms with E-state index in [1.54, 1.807) is 6.08 Å². The number of hydrogen-bond acceptors (Lipinski definition) is 4. The second kappa shape index (κ2) is 4.96. The highest BCUT2D eigenvalue weighted by molar-refractivity contribution is 6.30. The Labute approximate surface area is 125 Å². The van der Waals surface area contributed by atoms with Crippen molar-refractivity contribution in [2.45, 2.75) is 12.8 Å². The fraction of sp³-hybridized carbons (Fsp3) is 0.286. The van der Waals surface area contributed by atoms with E-state index in [0.717, 1.165) is 4.90 Å². The molecule has 3 rings (SSSR count). The summed E-state index contributed by atoms with van der Waals surface area (Å²) in [6.07, 6.45) is 2.53. The molecule has 7 heteroatoms. The van der Waals surface area contributed by atoms with E-state index < -0.39 is 16.8 Å². The normalized spacial score (nSPS) is 24.8. The van der Waals surface area contributed by atoms with Gasteiger partial charge in [-0.25, -0.2) is 4.90 Å². The monoisotopic (exact) mass is 306 g/mol. The van der Waals surface area contributed by atoms with Crippen LogP contribution in [0.15, 0.2) is 35.4 Å². The number of fused-ring (bicyclic) bond motifs is 1. The van der Waals surface area contributed by atoms with Crippen molar-refractivity contribution in [3.63, 3.8) is 0 Å². The number of allylic oxidation sites excluding steroid dienone is 2. The standard InChI is InChI=1S/C14H11ClN2O4/c15-8-4-5-11-12(6-8)14(19)16(13(11)18)9-2-1-3-10(7-9)17(20)21/h1-4,7,11-12H,5-6H2/t11-,12-/m1/s1. The quantitative estimate of drug-likeness (QED) is 0.478. The largest absolute Gasteiger partial charge is 0.274 e. The van der Waals surface area contributed by atoms with Gasteiger partial charge in [-0.05, 0) is 18.9 Å². The smallest absolute Gasteiger partial charge is 0.271 e. The average Bonchev–Trinajstić information content (AvgIpc) is 2.70.